The van der Waals surface area contributed by atoms with Crippen molar-refractivity contribution in [2.24, 2.45) is 5.92 Å². The molecule has 0 bridgehead atoms. The SMILES string of the molecule is Cc1cc(-c2nc(-c3ccc4c(c3)CCC4N[C@H]3C[C@H](C(=O)O)C3)no2)c(F)cc1-c1ccccc1C(F)(F)F. The molecule has 0 radical (unpaired) electrons. The van der Waals surface area contributed by atoms with Crippen LogP contribution >= 0.6 is 0 Å². The predicted octanol–water partition coefficient (Wildman–Crippen LogP) is 6.98. The molecule has 40 heavy (non-hydrogen) atoms. The zero-order valence-electron chi connectivity index (χ0n) is 21.4. The number of aryl methyl sites for hydroxylation is 2. The number of nitrogens with zero attached hydrogens (tertiary/aromatic N) is 2. The van der Waals surface area contributed by atoms with E-state index in [9.17, 15) is 18.0 Å². The predicted molar refractivity (Wildman–Crippen MR) is 139 cm³/mol. The van der Waals surface area contributed by atoms with Crippen molar-refractivity contribution in [1.82, 2.24) is 15.5 Å². The number of carbonyl (C=O) groups is 1. The van der Waals surface area contributed by atoms with Crippen molar-refractivity contribution in [1.29, 1.82) is 0 Å². The van der Waals surface area contributed by atoms with Gasteiger partial charge in [-0.3, -0.25) is 4.79 Å². The van der Waals surface area contributed by atoms with E-state index < -0.39 is 23.5 Å². The van der Waals surface area contributed by atoms with E-state index in [1.54, 1.807) is 6.92 Å². The number of alkyl halides is 3. The average Bonchev–Trinajstić information content (AvgIpc) is 3.53. The standard InChI is InChI=1S/C30H25F4N3O3/c1-15-10-23(25(31)14-22(15)21-4-2-3-5-24(21)30(32,33)34)28-36-27(37-40-28)17-6-8-20-16(11-17)7-9-26(20)35-19-12-18(13-19)29(38)39/h2-6,8,10-11,14,18-19,26,35H,7,9,12-13H2,1H3,(H,38,39)/t18-,19-,26?. The monoisotopic (exact) mass is 551 g/mol. The number of nitrogens with one attached hydrogen (secondary N) is 1. The maximum atomic E-state index is 15.2. The number of carboxylic acid groups (broad SMARTS) is 1. The quantitative estimate of drug-likeness (QED) is 0.252. The van der Waals surface area contributed by atoms with Crippen LogP contribution in [0, 0.1) is 18.7 Å². The first-order valence-electron chi connectivity index (χ1n) is 13.0. The summed E-state index contributed by atoms with van der Waals surface area (Å²) >= 11 is 0. The van der Waals surface area contributed by atoms with Crippen molar-refractivity contribution in [2.75, 3.05) is 0 Å². The Bertz CT molecular complexity index is 1610. The molecule has 0 aliphatic heterocycles. The van der Waals surface area contributed by atoms with Gasteiger partial charge in [-0.25, -0.2) is 4.39 Å². The van der Waals surface area contributed by atoms with E-state index in [0.29, 0.717) is 24.0 Å². The Morgan fingerprint density at radius 1 is 1.05 bits per heavy atom. The van der Waals surface area contributed by atoms with E-state index in [-0.39, 0.29) is 46.4 Å². The van der Waals surface area contributed by atoms with E-state index in [0.717, 1.165) is 36.1 Å². The second-order valence-electron chi connectivity index (χ2n) is 10.5. The van der Waals surface area contributed by atoms with Gasteiger partial charge in [0, 0.05) is 17.6 Å². The number of aromatic nitrogens is 2. The molecule has 1 heterocycles. The van der Waals surface area contributed by atoms with Gasteiger partial charge in [-0.05, 0) is 84.7 Å². The Labute approximate surface area is 227 Å². The third-order valence-electron chi connectivity index (χ3n) is 7.90. The second-order valence-corrected chi connectivity index (χ2v) is 10.5. The van der Waals surface area contributed by atoms with Gasteiger partial charge in [0.15, 0.2) is 0 Å². The second kappa shape index (κ2) is 9.85. The average molecular weight is 552 g/mol. The Morgan fingerprint density at radius 3 is 2.58 bits per heavy atom. The van der Waals surface area contributed by atoms with E-state index in [1.807, 2.05) is 18.2 Å². The minimum absolute atomic E-state index is 0.00933. The number of carboxylic acids is 1. The van der Waals surface area contributed by atoms with Crippen LogP contribution in [0.3, 0.4) is 0 Å². The fourth-order valence-electron chi connectivity index (χ4n) is 5.72. The van der Waals surface area contributed by atoms with Crippen LogP contribution in [0.5, 0.6) is 0 Å². The molecule has 1 saturated carbocycles. The van der Waals surface area contributed by atoms with Crippen molar-refractivity contribution < 1.29 is 32.0 Å². The Balaban J connectivity index is 1.23. The molecule has 4 aromatic rings. The number of fused-ring (bicyclic) bond motifs is 1. The van der Waals surface area contributed by atoms with Crippen LogP contribution in [0.25, 0.3) is 34.0 Å². The van der Waals surface area contributed by atoms with Crippen LogP contribution in [-0.4, -0.2) is 27.3 Å². The summed E-state index contributed by atoms with van der Waals surface area (Å²) in [4.78, 5) is 15.5. The first-order valence-corrected chi connectivity index (χ1v) is 13.0. The first-order chi connectivity index (χ1) is 19.1. The number of rotatable bonds is 6. The highest BCUT2D eigenvalue weighted by Gasteiger charge is 2.37. The molecule has 6 rings (SSSR count). The Hall–Kier alpha value is -4.05. The van der Waals surface area contributed by atoms with Crippen molar-refractivity contribution >= 4 is 5.97 Å². The fraction of sp³-hybridized carbons (Fsp3) is 0.300. The van der Waals surface area contributed by atoms with Gasteiger partial charge in [0.1, 0.15) is 5.82 Å². The lowest BCUT2D eigenvalue weighted by molar-refractivity contribution is -0.145. The maximum Gasteiger partial charge on any atom is 0.417 e. The maximum absolute atomic E-state index is 15.2. The van der Waals surface area contributed by atoms with Crippen LogP contribution in [0.1, 0.15) is 47.6 Å². The van der Waals surface area contributed by atoms with Crippen LogP contribution < -0.4 is 5.32 Å². The summed E-state index contributed by atoms with van der Waals surface area (Å²) in [6, 6.07) is 13.8. The van der Waals surface area contributed by atoms with E-state index in [2.05, 4.69) is 15.5 Å². The highest BCUT2D eigenvalue weighted by molar-refractivity contribution is 5.75. The molecule has 1 unspecified atom stereocenters. The van der Waals surface area contributed by atoms with Crippen LogP contribution in [-0.2, 0) is 17.4 Å². The van der Waals surface area contributed by atoms with Gasteiger partial charge in [-0.2, -0.15) is 18.2 Å². The molecule has 206 valence electrons. The van der Waals surface area contributed by atoms with Gasteiger partial charge >= 0.3 is 12.1 Å². The molecule has 1 fully saturated rings. The van der Waals surface area contributed by atoms with Crippen LogP contribution in [0.15, 0.2) is 59.1 Å². The summed E-state index contributed by atoms with van der Waals surface area (Å²) in [5.41, 5.74) is 2.63. The summed E-state index contributed by atoms with van der Waals surface area (Å²) in [6.07, 6.45) is -1.56. The van der Waals surface area contributed by atoms with Crippen molar-refractivity contribution in [3.63, 3.8) is 0 Å². The summed E-state index contributed by atoms with van der Waals surface area (Å²) in [7, 11) is 0. The number of hydrogen-bond donors (Lipinski definition) is 2. The Kier molecular flexibility index (Phi) is 6.45. The molecule has 0 spiro atoms. The molecule has 1 aromatic heterocycles. The summed E-state index contributed by atoms with van der Waals surface area (Å²) in [5, 5.41) is 16.7. The fourth-order valence-corrected chi connectivity index (χ4v) is 5.72. The van der Waals surface area contributed by atoms with Gasteiger partial charge in [0.2, 0.25) is 5.82 Å². The largest absolute Gasteiger partial charge is 0.481 e. The lowest BCUT2D eigenvalue weighted by atomic mass is 9.80. The molecule has 0 amide bonds. The van der Waals surface area contributed by atoms with Crippen molar-refractivity contribution in [3.05, 3.63) is 82.7 Å². The highest BCUT2D eigenvalue weighted by atomic mass is 19.4. The molecule has 2 aliphatic carbocycles. The molecule has 0 saturated heterocycles. The molecule has 1 atom stereocenters. The third kappa shape index (κ3) is 4.77. The summed E-state index contributed by atoms with van der Waals surface area (Å²) < 4.78 is 61.2. The Morgan fingerprint density at radius 2 is 1.82 bits per heavy atom. The third-order valence-corrected chi connectivity index (χ3v) is 7.90. The van der Waals surface area contributed by atoms with E-state index in [1.165, 1.54) is 24.3 Å². The number of aliphatic carboxylic acids is 1. The lowest BCUT2D eigenvalue weighted by Gasteiger charge is -2.35. The zero-order chi connectivity index (χ0) is 28.2. The first kappa shape index (κ1) is 26.2. The molecule has 3 aromatic carbocycles. The zero-order valence-corrected chi connectivity index (χ0v) is 21.4. The number of halogens is 4. The van der Waals surface area contributed by atoms with Gasteiger partial charge in [-0.1, -0.05) is 35.5 Å². The van der Waals surface area contributed by atoms with E-state index >= 15 is 4.39 Å². The molecular weight excluding hydrogens is 526 g/mol. The molecular formula is C30H25F4N3O3. The topological polar surface area (TPSA) is 88.2 Å². The lowest BCUT2D eigenvalue weighted by Crippen LogP contribution is -2.45. The number of benzene rings is 3. The van der Waals surface area contributed by atoms with Gasteiger partial charge < -0.3 is 14.9 Å². The minimum Gasteiger partial charge on any atom is -0.481 e. The summed E-state index contributed by atoms with van der Waals surface area (Å²) in [6.45, 7) is 1.61. The van der Waals surface area contributed by atoms with Crippen LogP contribution in [0.4, 0.5) is 17.6 Å². The molecule has 2 aliphatic rings. The molecule has 2 N–H and O–H groups in total. The van der Waals surface area contributed by atoms with Gasteiger partial charge in [-0.15, -0.1) is 0 Å². The molecule has 10 heteroatoms. The van der Waals surface area contributed by atoms with Crippen LogP contribution in [0.2, 0.25) is 0 Å². The normalized spacial score (nSPS) is 20.3. The minimum atomic E-state index is -4.58. The summed E-state index contributed by atoms with van der Waals surface area (Å²) in [5.74, 6) is -1.57. The number of hydrogen-bond acceptors (Lipinski definition) is 5. The van der Waals surface area contributed by atoms with E-state index in [4.69, 9.17) is 9.63 Å². The highest BCUT2D eigenvalue weighted by Crippen LogP contribution is 2.40. The smallest absolute Gasteiger partial charge is 0.417 e. The van der Waals surface area contributed by atoms with Gasteiger partial charge in [0.25, 0.3) is 5.89 Å². The molecule has 6 nitrogen and oxygen atoms in total. The van der Waals surface area contributed by atoms with Crippen molar-refractivity contribution in [3.8, 4) is 34.0 Å². The van der Waals surface area contributed by atoms with Gasteiger partial charge in [0.05, 0.1) is 17.0 Å². The van der Waals surface area contributed by atoms with Crippen molar-refractivity contribution in [2.45, 2.75) is 50.9 Å².